The van der Waals surface area contributed by atoms with Gasteiger partial charge in [0.05, 0.1) is 6.54 Å². The summed E-state index contributed by atoms with van der Waals surface area (Å²) in [5.74, 6) is 0.536. The quantitative estimate of drug-likeness (QED) is 0.337. The molecule has 34 heavy (non-hydrogen) atoms. The van der Waals surface area contributed by atoms with Crippen molar-refractivity contribution >= 4 is 22.9 Å². The van der Waals surface area contributed by atoms with Crippen molar-refractivity contribution in [2.24, 2.45) is 0 Å². The Balaban J connectivity index is 1.39. The van der Waals surface area contributed by atoms with Crippen LogP contribution < -0.4 is 14.8 Å². The maximum Gasteiger partial charge on any atom is 0.262 e. The van der Waals surface area contributed by atoms with Crippen LogP contribution in [0.25, 0.3) is 17.0 Å². The van der Waals surface area contributed by atoms with Gasteiger partial charge in [-0.25, -0.2) is 4.39 Å². The molecule has 1 amide bonds. The molecule has 0 aliphatic carbocycles. The number of carbonyl (C=O) groups excluding carboxylic acids is 1. The second-order valence-electron chi connectivity index (χ2n) is 7.86. The van der Waals surface area contributed by atoms with Gasteiger partial charge in [-0.05, 0) is 35.9 Å². The number of hydrogen-bond donors (Lipinski definition) is 1. The monoisotopic (exact) mass is 453 g/mol. The van der Waals surface area contributed by atoms with Crippen molar-refractivity contribution in [2.45, 2.75) is 13.1 Å². The summed E-state index contributed by atoms with van der Waals surface area (Å²) in [7, 11) is 0. The molecule has 6 nitrogen and oxygen atoms in total. The van der Waals surface area contributed by atoms with Crippen molar-refractivity contribution in [1.29, 1.82) is 5.26 Å². The number of carbonyl (C=O) groups is 1. The van der Waals surface area contributed by atoms with E-state index in [1.807, 2.05) is 47.2 Å². The minimum atomic E-state index is -0.480. The van der Waals surface area contributed by atoms with E-state index in [1.165, 1.54) is 6.07 Å². The summed E-state index contributed by atoms with van der Waals surface area (Å²) in [6.45, 7) is 0.750. The van der Waals surface area contributed by atoms with Crippen LogP contribution in [0.1, 0.15) is 16.7 Å². The zero-order valence-electron chi connectivity index (χ0n) is 18.1. The predicted molar refractivity (Wildman–Crippen MR) is 125 cm³/mol. The highest BCUT2D eigenvalue weighted by molar-refractivity contribution is 6.04. The first-order valence-corrected chi connectivity index (χ1v) is 10.7. The molecular weight excluding hydrogens is 433 g/mol. The molecule has 1 aliphatic rings. The number of rotatable bonds is 6. The number of ether oxygens (including phenoxy) is 2. The lowest BCUT2D eigenvalue weighted by molar-refractivity contribution is -0.117. The zero-order chi connectivity index (χ0) is 23.5. The average Bonchev–Trinajstić information content (AvgIpc) is 3.47. The Labute approximate surface area is 195 Å². The topological polar surface area (TPSA) is 76.3 Å². The minimum absolute atomic E-state index is 0.0189. The SMILES string of the molecule is N#C/C(=C/c1cn(Cc2ccccc2F)c2ccccc12)C(=O)NCc1ccc2c(c1)OCO2. The lowest BCUT2D eigenvalue weighted by Crippen LogP contribution is -2.23. The summed E-state index contributed by atoms with van der Waals surface area (Å²) < 4.78 is 26.8. The van der Waals surface area contributed by atoms with Gasteiger partial charge in [0, 0.05) is 34.8 Å². The molecule has 7 heteroatoms. The first-order chi connectivity index (χ1) is 16.6. The van der Waals surface area contributed by atoms with Gasteiger partial charge in [0.15, 0.2) is 11.5 Å². The molecule has 0 unspecified atom stereocenters. The molecule has 5 rings (SSSR count). The molecular formula is C27H20FN3O3. The third-order valence-electron chi connectivity index (χ3n) is 5.67. The van der Waals surface area contributed by atoms with Crippen LogP contribution in [0.5, 0.6) is 11.5 Å². The van der Waals surface area contributed by atoms with Crippen LogP contribution in [0.4, 0.5) is 4.39 Å². The molecule has 168 valence electrons. The molecule has 0 saturated carbocycles. The van der Waals surface area contributed by atoms with Crippen molar-refractivity contribution < 1.29 is 18.7 Å². The van der Waals surface area contributed by atoms with Gasteiger partial charge in [-0.3, -0.25) is 4.79 Å². The number of amides is 1. The third kappa shape index (κ3) is 4.21. The van der Waals surface area contributed by atoms with Gasteiger partial charge < -0.3 is 19.4 Å². The van der Waals surface area contributed by atoms with E-state index in [0.717, 1.165) is 16.5 Å². The van der Waals surface area contributed by atoms with Crippen LogP contribution in [0.2, 0.25) is 0 Å². The summed E-state index contributed by atoms with van der Waals surface area (Å²) in [4.78, 5) is 12.8. The van der Waals surface area contributed by atoms with Gasteiger partial charge in [-0.1, -0.05) is 42.5 Å². The van der Waals surface area contributed by atoms with E-state index in [9.17, 15) is 14.4 Å². The van der Waals surface area contributed by atoms with Gasteiger partial charge in [-0.2, -0.15) is 5.26 Å². The molecule has 2 heterocycles. The largest absolute Gasteiger partial charge is 0.454 e. The van der Waals surface area contributed by atoms with Crippen LogP contribution in [0.15, 0.2) is 78.5 Å². The molecule has 3 aromatic carbocycles. The van der Waals surface area contributed by atoms with Gasteiger partial charge in [-0.15, -0.1) is 0 Å². The van der Waals surface area contributed by atoms with Gasteiger partial charge in [0.2, 0.25) is 6.79 Å². The maximum absolute atomic E-state index is 14.2. The predicted octanol–water partition coefficient (Wildman–Crippen LogP) is 4.78. The van der Waals surface area contributed by atoms with Gasteiger partial charge >= 0.3 is 0 Å². The standard InChI is InChI=1S/C27H20FN3O3/c28-23-7-3-1-5-19(23)15-31-16-21(22-6-2-4-8-24(22)31)12-20(13-29)27(32)30-14-18-9-10-25-26(11-18)34-17-33-25/h1-12,16H,14-15,17H2,(H,30,32)/b20-12-. The first-order valence-electron chi connectivity index (χ1n) is 10.7. The van der Waals surface area contributed by atoms with Crippen molar-refractivity contribution in [3.05, 3.63) is 101 Å². The van der Waals surface area contributed by atoms with Crippen molar-refractivity contribution in [3.8, 4) is 17.6 Å². The second kappa shape index (κ2) is 9.12. The summed E-state index contributed by atoms with van der Waals surface area (Å²) in [5.41, 5.74) is 2.96. The summed E-state index contributed by atoms with van der Waals surface area (Å²) >= 11 is 0. The van der Waals surface area contributed by atoms with E-state index in [-0.39, 0.29) is 24.7 Å². The van der Waals surface area contributed by atoms with Crippen LogP contribution in [0.3, 0.4) is 0 Å². The number of nitrogens with one attached hydrogen (secondary N) is 1. The van der Waals surface area contributed by atoms with E-state index in [1.54, 1.807) is 36.4 Å². The Morgan fingerprint density at radius 2 is 1.88 bits per heavy atom. The number of nitriles is 1. The Bertz CT molecular complexity index is 1470. The first kappa shape index (κ1) is 21.3. The molecule has 1 aromatic heterocycles. The fraction of sp³-hybridized carbons (Fsp3) is 0.111. The number of nitrogens with zero attached hydrogens (tertiary/aromatic N) is 2. The van der Waals surface area contributed by atoms with Crippen LogP contribution in [0, 0.1) is 17.1 Å². The smallest absolute Gasteiger partial charge is 0.262 e. The maximum atomic E-state index is 14.2. The Hall–Kier alpha value is -4.57. The van der Waals surface area contributed by atoms with Crippen LogP contribution >= 0.6 is 0 Å². The number of aromatic nitrogens is 1. The molecule has 1 N–H and O–H groups in total. The molecule has 1 aliphatic heterocycles. The van der Waals surface area contributed by atoms with E-state index < -0.39 is 5.91 Å². The van der Waals surface area contributed by atoms with E-state index in [2.05, 4.69) is 5.32 Å². The fourth-order valence-corrected chi connectivity index (χ4v) is 3.96. The number of para-hydroxylation sites is 1. The summed E-state index contributed by atoms with van der Waals surface area (Å²) in [6, 6.07) is 21.7. The zero-order valence-corrected chi connectivity index (χ0v) is 18.1. The number of halogens is 1. The lowest BCUT2D eigenvalue weighted by atomic mass is 10.1. The van der Waals surface area contributed by atoms with Crippen molar-refractivity contribution in [2.75, 3.05) is 6.79 Å². The molecule has 0 saturated heterocycles. The number of benzene rings is 3. The molecule has 0 radical (unpaired) electrons. The molecule has 0 atom stereocenters. The lowest BCUT2D eigenvalue weighted by Gasteiger charge is -2.06. The van der Waals surface area contributed by atoms with Gasteiger partial charge in [0.25, 0.3) is 5.91 Å². The fourth-order valence-electron chi connectivity index (χ4n) is 3.96. The molecule has 0 fully saturated rings. The summed E-state index contributed by atoms with van der Waals surface area (Å²) in [5, 5.41) is 13.3. The van der Waals surface area contributed by atoms with Crippen LogP contribution in [-0.4, -0.2) is 17.3 Å². The molecule has 0 bridgehead atoms. The Kier molecular flexibility index (Phi) is 5.71. The Morgan fingerprint density at radius 1 is 1.09 bits per heavy atom. The minimum Gasteiger partial charge on any atom is -0.454 e. The van der Waals surface area contributed by atoms with E-state index in [4.69, 9.17) is 9.47 Å². The second-order valence-corrected chi connectivity index (χ2v) is 7.86. The normalized spacial score (nSPS) is 12.5. The number of fused-ring (bicyclic) bond motifs is 2. The van der Waals surface area contributed by atoms with E-state index >= 15 is 0 Å². The number of hydrogen-bond acceptors (Lipinski definition) is 4. The molecule has 4 aromatic rings. The third-order valence-corrected chi connectivity index (χ3v) is 5.67. The van der Waals surface area contributed by atoms with Gasteiger partial charge in [0.1, 0.15) is 17.5 Å². The summed E-state index contributed by atoms with van der Waals surface area (Å²) in [6.07, 6.45) is 3.40. The van der Waals surface area contributed by atoms with Crippen molar-refractivity contribution in [1.82, 2.24) is 9.88 Å². The highest BCUT2D eigenvalue weighted by Crippen LogP contribution is 2.32. The van der Waals surface area contributed by atoms with Crippen molar-refractivity contribution in [3.63, 3.8) is 0 Å². The van der Waals surface area contributed by atoms with E-state index in [0.29, 0.717) is 29.2 Å². The average molecular weight is 453 g/mol. The van der Waals surface area contributed by atoms with Crippen LogP contribution in [-0.2, 0) is 17.9 Å². The highest BCUT2D eigenvalue weighted by Gasteiger charge is 2.16. The molecule has 0 spiro atoms. The Morgan fingerprint density at radius 3 is 2.74 bits per heavy atom. The highest BCUT2D eigenvalue weighted by atomic mass is 19.1.